The summed E-state index contributed by atoms with van der Waals surface area (Å²) in [5.41, 5.74) is 3.16. The van der Waals surface area contributed by atoms with Crippen LogP contribution in [0.4, 0.5) is 4.39 Å². The minimum Gasteiger partial charge on any atom is -0.381 e. The molecular weight excluding hydrogens is 375 g/mol. The summed E-state index contributed by atoms with van der Waals surface area (Å²) < 4.78 is 23.8. The maximum absolute atomic E-state index is 13.2. The zero-order valence-electron chi connectivity index (χ0n) is 15.9. The number of amides is 1. The fourth-order valence-electron chi connectivity index (χ4n) is 3.20. The molecule has 0 unspecified atom stereocenters. The highest BCUT2D eigenvalue weighted by Crippen LogP contribution is 2.27. The SMILES string of the molecule is Cc1onc(-c2ccc(F)cc2)c1C=Cc1cc(C(=O)NC2CCOCC2)n[nH]1. The molecule has 3 heterocycles. The summed E-state index contributed by atoms with van der Waals surface area (Å²) >= 11 is 0. The third-order valence-corrected chi connectivity index (χ3v) is 4.84. The molecule has 0 aliphatic carbocycles. The number of rotatable bonds is 5. The Hall–Kier alpha value is -3.26. The normalized spacial score (nSPS) is 15.1. The number of aromatic nitrogens is 3. The molecule has 7 nitrogen and oxygen atoms in total. The van der Waals surface area contributed by atoms with Gasteiger partial charge < -0.3 is 14.6 Å². The van der Waals surface area contributed by atoms with Gasteiger partial charge in [0.05, 0.1) is 5.69 Å². The Balaban J connectivity index is 1.48. The zero-order valence-corrected chi connectivity index (χ0v) is 15.9. The summed E-state index contributed by atoms with van der Waals surface area (Å²) in [5, 5.41) is 14.0. The van der Waals surface area contributed by atoms with E-state index in [1.807, 2.05) is 6.08 Å². The van der Waals surface area contributed by atoms with Crippen LogP contribution in [0.3, 0.4) is 0 Å². The van der Waals surface area contributed by atoms with Gasteiger partial charge in [0.1, 0.15) is 17.3 Å². The van der Waals surface area contributed by atoms with Crippen LogP contribution in [-0.4, -0.2) is 40.5 Å². The summed E-state index contributed by atoms with van der Waals surface area (Å²) in [6.45, 7) is 3.13. The second-order valence-corrected chi connectivity index (χ2v) is 6.91. The Morgan fingerprint density at radius 3 is 2.76 bits per heavy atom. The molecule has 1 aliphatic heterocycles. The molecule has 0 spiro atoms. The number of aryl methyl sites for hydroxylation is 1. The van der Waals surface area contributed by atoms with Crippen LogP contribution in [0.25, 0.3) is 23.4 Å². The first kappa shape index (κ1) is 19.1. The minimum absolute atomic E-state index is 0.116. The van der Waals surface area contributed by atoms with Crippen molar-refractivity contribution < 1.29 is 18.4 Å². The van der Waals surface area contributed by atoms with Crippen LogP contribution in [0.2, 0.25) is 0 Å². The molecule has 3 aromatic rings. The van der Waals surface area contributed by atoms with Gasteiger partial charge in [-0.1, -0.05) is 5.16 Å². The van der Waals surface area contributed by atoms with Crippen molar-refractivity contribution in [2.75, 3.05) is 13.2 Å². The fraction of sp³-hybridized carbons (Fsp3) is 0.286. The third-order valence-electron chi connectivity index (χ3n) is 4.84. The van der Waals surface area contributed by atoms with E-state index in [0.717, 1.165) is 24.0 Å². The first-order valence-corrected chi connectivity index (χ1v) is 9.44. The monoisotopic (exact) mass is 396 g/mol. The van der Waals surface area contributed by atoms with Crippen LogP contribution >= 0.6 is 0 Å². The van der Waals surface area contributed by atoms with Crippen molar-refractivity contribution in [2.24, 2.45) is 0 Å². The number of nitrogens with one attached hydrogen (secondary N) is 2. The second kappa shape index (κ2) is 8.40. The number of nitrogens with zero attached hydrogens (tertiary/aromatic N) is 2. The molecular formula is C21H21FN4O3. The van der Waals surface area contributed by atoms with Crippen LogP contribution < -0.4 is 5.32 Å². The van der Waals surface area contributed by atoms with Gasteiger partial charge in [0.15, 0.2) is 5.69 Å². The average Bonchev–Trinajstić information content (AvgIpc) is 3.35. The van der Waals surface area contributed by atoms with Crippen LogP contribution in [0, 0.1) is 12.7 Å². The summed E-state index contributed by atoms with van der Waals surface area (Å²) in [5.74, 6) is 0.119. The van der Waals surface area contributed by atoms with Gasteiger partial charge in [0, 0.05) is 30.4 Å². The Labute approximate surface area is 166 Å². The summed E-state index contributed by atoms with van der Waals surface area (Å²) in [7, 11) is 0. The van der Waals surface area contributed by atoms with Crippen LogP contribution in [0.5, 0.6) is 0 Å². The average molecular weight is 396 g/mol. The summed E-state index contributed by atoms with van der Waals surface area (Å²) in [6.07, 6.45) is 5.24. The van der Waals surface area contributed by atoms with E-state index < -0.39 is 0 Å². The first-order chi connectivity index (χ1) is 14.1. The zero-order chi connectivity index (χ0) is 20.2. The second-order valence-electron chi connectivity index (χ2n) is 6.91. The largest absolute Gasteiger partial charge is 0.381 e. The Bertz CT molecular complexity index is 1020. The number of H-pyrrole nitrogens is 1. The highest BCUT2D eigenvalue weighted by Gasteiger charge is 2.18. The Morgan fingerprint density at radius 1 is 1.24 bits per heavy atom. The first-order valence-electron chi connectivity index (χ1n) is 9.44. The number of hydrogen-bond donors (Lipinski definition) is 2. The van der Waals surface area contributed by atoms with Crippen molar-refractivity contribution in [2.45, 2.75) is 25.8 Å². The van der Waals surface area contributed by atoms with Crippen molar-refractivity contribution in [1.29, 1.82) is 0 Å². The molecule has 1 aromatic carbocycles. The molecule has 2 aromatic heterocycles. The highest BCUT2D eigenvalue weighted by atomic mass is 19.1. The molecule has 29 heavy (non-hydrogen) atoms. The maximum atomic E-state index is 13.2. The minimum atomic E-state index is -0.310. The standard InChI is InChI=1S/C21H21FN4O3/c1-13-18(20(26-29-13)14-2-4-15(22)5-3-14)7-6-17-12-19(25-24-17)21(27)23-16-8-10-28-11-9-16/h2-7,12,16H,8-11H2,1H3,(H,23,27)(H,24,25). The molecule has 1 fully saturated rings. The lowest BCUT2D eigenvalue weighted by Crippen LogP contribution is -2.39. The number of aromatic amines is 1. The molecule has 0 bridgehead atoms. The van der Waals surface area contributed by atoms with Gasteiger partial charge in [0.25, 0.3) is 5.91 Å². The molecule has 1 aliphatic rings. The lowest BCUT2D eigenvalue weighted by atomic mass is 10.1. The van der Waals surface area contributed by atoms with Gasteiger partial charge in [-0.3, -0.25) is 9.89 Å². The van der Waals surface area contributed by atoms with E-state index in [2.05, 4.69) is 20.7 Å². The van der Waals surface area contributed by atoms with E-state index in [1.165, 1.54) is 12.1 Å². The van der Waals surface area contributed by atoms with Crippen LogP contribution in [-0.2, 0) is 4.74 Å². The molecule has 0 radical (unpaired) electrons. The fourth-order valence-corrected chi connectivity index (χ4v) is 3.20. The number of carbonyl (C=O) groups excluding carboxylic acids is 1. The van der Waals surface area contributed by atoms with Gasteiger partial charge in [-0.05, 0) is 62.2 Å². The Kier molecular flexibility index (Phi) is 5.53. The number of halogens is 1. The van der Waals surface area contributed by atoms with E-state index in [9.17, 15) is 9.18 Å². The molecule has 8 heteroatoms. The topological polar surface area (TPSA) is 93.0 Å². The lowest BCUT2D eigenvalue weighted by Gasteiger charge is -2.22. The van der Waals surface area contributed by atoms with Crippen molar-refractivity contribution in [3.8, 4) is 11.3 Å². The summed E-state index contributed by atoms with van der Waals surface area (Å²) in [4.78, 5) is 12.4. The summed E-state index contributed by atoms with van der Waals surface area (Å²) in [6, 6.07) is 7.87. The molecule has 4 rings (SSSR count). The van der Waals surface area contributed by atoms with Crippen molar-refractivity contribution in [3.05, 3.63) is 58.9 Å². The van der Waals surface area contributed by atoms with E-state index in [0.29, 0.717) is 36.1 Å². The van der Waals surface area contributed by atoms with E-state index in [4.69, 9.17) is 9.26 Å². The Morgan fingerprint density at radius 2 is 2.00 bits per heavy atom. The van der Waals surface area contributed by atoms with Crippen LogP contribution in [0.1, 0.15) is 40.3 Å². The number of benzene rings is 1. The van der Waals surface area contributed by atoms with Crippen molar-refractivity contribution in [3.63, 3.8) is 0 Å². The van der Waals surface area contributed by atoms with E-state index in [1.54, 1.807) is 31.2 Å². The molecule has 1 amide bonds. The van der Waals surface area contributed by atoms with Gasteiger partial charge >= 0.3 is 0 Å². The lowest BCUT2D eigenvalue weighted by molar-refractivity contribution is 0.0694. The maximum Gasteiger partial charge on any atom is 0.272 e. The molecule has 0 atom stereocenters. The predicted molar refractivity (Wildman–Crippen MR) is 105 cm³/mol. The van der Waals surface area contributed by atoms with E-state index in [-0.39, 0.29) is 17.8 Å². The van der Waals surface area contributed by atoms with Crippen molar-refractivity contribution >= 4 is 18.1 Å². The number of ether oxygens (including phenoxy) is 1. The molecule has 2 N–H and O–H groups in total. The molecule has 0 saturated carbocycles. The third kappa shape index (κ3) is 4.43. The van der Waals surface area contributed by atoms with Gasteiger partial charge in [-0.25, -0.2) is 4.39 Å². The quantitative estimate of drug-likeness (QED) is 0.687. The van der Waals surface area contributed by atoms with Gasteiger partial charge in [-0.15, -0.1) is 0 Å². The molecule has 1 saturated heterocycles. The van der Waals surface area contributed by atoms with Gasteiger partial charge in [-0.2, -0.15) is 5.10 Å². The van der Waals surface area contributed by atoms with Crippen LogP contribution in [0.15, 0.2) is 34.9 Å². The van der Waals surface area contributed by atoms with Crippen molar-refractivity contribution in [1.82, 2.24) is 20.7 Å². The predicted octanol–water partition coefficient (Wildman–Crippen LogP) is 3.59. The number of hydrogen-bond acceptors (Lipinski definition) is 5. The van der Waals surface area contributed by atoms with E-state index >= 15 is 0 Å². The molecule has 150 valence electrons. The van der Waals surface area contributed by atoms with Gasteiger partial charge in [0.2, 0.25) is 0 Å². The smallest absolute Gasteiger partial charge is 0.272 e. The highest BCUT2D eigenvalue weighted by molar-refractivity contribution is 5.93. The number of carbonyl (C=O) groups is 1.